The van der Waals surface area contributed by atoms with Crippen LogP contribution in [0, 0.1) is 5.92 Å². The van der Waals surface area contributed by atoms with Crippen LogP contribution in [0.4, 0.5) is 5.69 Å². The summed E-state index contributed by atoms with van der Waals surface area (Å²) in [6.07, 6.45) is 0.591. The first-order chi connectivity index (χ1) is 7.20. The normalized spacial score (nSPS) is 12.5. The molecule has 0 fully saturated rings. The highest BCUT2D eigenvalue weighted by Gasteiger charge is 2.20. The summed E-state index contributed by atoms with van der Waals surface area (Å²) in [5, 5.41) is 0. The molecule has 0 saturated heterocycles. The van der Waals surface area contributed by atoms with Crippen molar-refractivity contribution < 1.29 is 9.53 Å². The smallest absolute Gasteiger partial charge is 0.216 e. The molecule has 0 aliphatic heterocycles. The fourth-order valence-corrected chi connectivity index (χ4v) is 1.57. The topological polar surface area (TPSA) is 29.5 Å². The van der Waals surface area contributed by atoms with Crippen LogP contribution < -0.4 is 4.90 Å². The SMILES string of the molecule is COC(C(C)C)N(C=O)c1ccccc1. The minimum atomic E-state index is -0.218. The highest BCUT2D eigenvalue weighted by Crippen LogP contribution is 2.19. The third-order valence-electron chi connectivity index (χ3n) is 2.25. The minimum Gasteiger partial charge on any atom is -0.361 e. The lowest BCUT2D eigenvalue weighted by Gasteiger charge is -2.29. The molecule has 1 aromatic rings. The number of anilines is 1. The second kappa shape index (κ2) is 5.51. The Balaban J connectivity index is 2.92. The van der Waals surface area contributed by atoms with Gasteiger partial charge in [0.15, 0.2) is 0 Å². The molecule has 0 saturated carbocycles. The summed E-state index contributed by atoms with van der Waals surface area (Å²) < 4.78 is 5.31. The standard InChI is InChI=1S/C12H17NO2/c1-10(2)12(15-3)13(9-14)11-7-5-4-6-8-11/h4-10,12H,1-3H3. The van der Waals surface area contributed by atoms with E-state index in [1.54, 1.807) is 12.0 Å². The van der Waals surface area contributed by atoms with Crippen LogP contribution in [0.1, 0.15) is 13.8 Å². The summed E-state index contributed by atoms with van der Waals surface area (Å²) >= 11 is 0. The van der Waals surface area contributed by atoms with Crippen LogP contribution in [-0.4, -0.2) is 19.7 Å². The van der Waals surface area contributed by atoms with Gasteiger partial charge in [0.2, 0.25) is 6.41 Å². The molecule has 82 valence electrons. The lowest BCUT2D eigenvalue weighted by Crippen LogP contribution is -2.39. The summed E-state index contributed by atoms with van der Waals surface area (Å²) in [5.74, 6) is 0.250. The Morgan fingerprint density at radius 3 is 2.27 bits per heavy atom. The van der Waals surface area contributed by atoms with E-state index in [4.69, 9.17) is 4.74 Å². The van der Waals surface area contributed by atoms with Gasteiger partial charge in [-0.2, -0.15) is 0 Å². The lowest BCUT2D eigenvalue weighted by atomic mass is 10.1. The summed E-state index contributed by atoms with van der Waals surface area (Å²) in [5.41, 5.74) is 0.855. The Morgan fingerprint density at radius 1 is 1.27 bits per heavy atom. The largest absolute Gasteiger partial charge is 0.361 e. The van der Waals surface area contributed by atoms with E-state index in [9.17, 15) is 4.79 Å². The Morgan fingerprint density at radius 2 is 1.87 bits per heavy atom. The maximum Gasteiger partial charge on any atom is 0.216 e. The van der Waals surface area contributed by atoms with Crippen LogP contribution in [0.5, 0.6) is 0 Å². The van der Waals surface area contributed by atoms with Crippen molar-refractivity contribution in [3.05, 3.63) is 30.3 Å². The van der Waals surface area contributed by atoms with Gasteiger partial charge in [-0.05, 0) is 18.1 Å². The zero-order valence-corrected chi connectivity index (χ0v) is 9.38. The van der Waals surface area contributed by atoms with Gasteiger partial charge in [-0.3, -0.25) is 9.69 Å². The minimum absolute atomic E-state index is 0.218. The van der Waals surface area contributed by atoms with Gasteiger partial charge in [0.1, 0.15) is 6.23 Å². The summed E-state index contributed by atoms with van der Waals surface area (Å²) in [4.78, 5) is 12.7. The fraction of sp³-hybridized carbons (Fsp3) is 0.417. The average Bonchev–Trinajstić information content (AvgIpc) is 2.26. The number of rotatable bonds is 5. The van der Waals surface area contributed by atoms with Crippen molar-refractivity contribution in [2.45, 2.75) is 20.1 Å². The number of hydrogen-bond acceptors (Lipinski definition) is 2. The number of nitrogens with zero attached hydrogens (tertiary/aromatic N) is 1. The first-order valence-electron chi connectivity index (χ1n) is 5.02. The van der Waals surface area contributed by atoms with Gasteiger partial charge < -0.3 is 4.74 Å². The second-order valence-corrected chi connectivity index (χ2v) is 3.72. The van der Waals surface area contributed by atoms with E-state index in [1.165, 1.54) is 0 Å². The molecule has 1 aromatic carbocycles. The molecule has 0 heterocycles. The van der Waals surface area contributed by atoms with Crippen LogP contribution in [0.15, 0.2) is 30.3 Å². The van der Waals surface area contributed by atoms with Crippen molar-refractivity contribution in [1.82, 2.24) is 0 Å². The summed E-state index contributed by atoms with van der Waals surface area (Å²) in [6, 6.07) is 9.51. The van der Waals surface area contributed by atoms with Gasteiger partial charge in [-0.1, -0.05) is 32.0 Å². The van der Waals surface area contributed by atoms with Crippen molar-refractivity contribution >= 4 is 12.1 Å². The van der Waals surface area contributed by atoms with Crippen molar-refractivity contribution in [3.63, 3.8) is 0 Å². The number of carbonyl (C=O) groups is 1. The average molecular weight is 207 g/mol. The van der Waals surface area contributed by atoms with Gasteiger partial charge >= 0.3 is 0 Å². The number of hydrogen-bond donors (Lipinski definition) is 0. The van der Waals surface area contributed by atoms with E-state index in [0.717, 1.165) is 12.1 Å². The maximum atomic E-state index is 11.1. The highest BCUT2D eigenvalue weighted by atomic mass is 16.5. The van der Waals surface area contributed by atoms with Gasteiger partial charge in [0, 0.05) is 12.8 Å². The third kappa shape index (κ3) is 2.80. The molecule has 0 N–H and O–H groups in total. The predicted molar refractivity (Wildman–Crippen MR) is 60.6 cm³/mol. The number of methoxy groups -OCH3 is 1. The number of carbonyl (C=O) groups excluding carboxylic acids is 1. The van der Waals surface area contributed by atoms with Gasteiger partial charge in [-0.25, -0.2) is 0 Å². The second-order valence-electron chi connectivity index (χ2n) is 3.72. The first kappa shape index (κ1) is 11.7. The van der Waals surface area contributed by atoms with E-state index in [1.807, 2.05) is 44.2 Å². The molecule has 1 unspecified atom stereocenters. The molecule has 0 bridgehead atoms. The Bertz CT molecular complexity index is 298. The van der Waals surface area contributed by atoms with E-state index in [-0.39, 0.29) is 12.1 Å². The number of para-hydroxylation sites is 1. The zero-order valence-electron chi connectivity index (χ0n) is 9.38. The molecule has 15 heavy (non-hydrogen) atoms. The predicted octanol–water partition coefficient (Wildman–Crippen LogP) is 2.28. The molecule has 0 radical (unpaired) electrons. The summed E-state index contributed by atoms with van der Waals surface area (Å²) in [6.45, 7) is 4.04. The molecule has 1 atom stereocenters. The van der Waals surface area contributed by atoms with Crippen molar-refractivity contribution in [2.24, 2.45) is 5.92 Å². The van der Waals surface area contributed by atoms with E-state index >= 15 is 0 Å². The molecule has 0 spiro atoms. The molecular weight excluding hydrogens is 190 g/mol. The van der Waals surface area contributed by atoms with Crippen molar-refractivity contribution in [3.8, 4) is 0 Å². The summed E-state index contributed by atoms with van der Waals surface area (Å²) in [7, 11) is 1.62. The lowest BCUT2D eigenvalue weighted by molar-refractivity contribution is -0.110. The first-order valence-corrected chi connectivity index (χ1v) is 5.02. The van der Waals surface area contributed by atoms with Gasteiger partial charge in [0.05, 0.1) is 0 Å². The quantitative estimate of drug-likeness (QED) is 0.547. The number of amides is 1. The Kier molecular flexibility index (Phi) is 4.31. The van der Waals surface area contributed by atoms with Crippen LogP contribution in [0.2, 0.25) is 0 Å². The fourth-order valence-electron chi connectivity index (χ4n) is 1.57. The highest BCUT2D eigenvalue weighted by molar-refractivity contribution is 5.75. The molecule has 0 aliphatic rings. The molecule has 0 aliphatic carbocycles. The van der Waals surface area contributed by atoms with Crippen molar-refractivity contribution in [1.29, 1.82) is 0 Å². The van der Waals surface area contributed by atoms with Gasteiger partial charge in [-0.15, -0.1) is 0 Å². The Hall–Kier alpha value is -1.35. The number of ether oxygens (including phenoxy) is 1. The molecule has 0 aromatic heterocycles. The molecule has 1 amide bonds. The third-order valence-corrected chi connectivity index (χ3v) is 2.25. The van der Waals surface area contributed by atoms with Gasteiger partial charge in [0.25, 0.3) is 0 Å². The number of benzene rings is 1. The maximum absolute atomic E-state index is 11.1. The van der Waals surface area contributed by atoms with Crippen LogP contribution in [-0.2, 0) is 9.53 Å². The Labute approximate surface area is 90.7 Å². The van der Waals surface area contributed by atoms with Crippen LogP contribution in [0.25, 0.3) is 0 Å². The van der Waals surface area contributed by atoms with E-state index in [2.05, 4.69) is 0 Å². The van der Waals surface area contributed by atoms with Crippen LogP contribution in [0.3, 0.4) is 0 Å². The molecule has 3 heteroatoms. The van der Waals surface area contributed by atoms with E-state index in [0.29, 0.717) is 0 Å². The zero-order chi connectivity index (χ0) is 11.3. The molecular formula is C12H17NO2. The monoisotopic (exact) mass is 207 g/mol. The van der Waals surface area contributed by atoms with Crippen molar-refractivity contribution in [2.75, 3.05) is 12.0 Å². The van der Waals surface area contributed by atoms with E-state index < -0.39 is 0 Å². The molecule has 3 nitrogen and oxygen atoms in total. The van der Waals surface area contributed by atoms with Crippen LogP contribution >= 0.6 is 0 Å². The molecule has 1 rings (SSSR count).